The highest BCUT2D eigenvalue weighted by Crippen LogP contribution is 2.12. The summed E-state index contributed by atoms with van der Waals surface area (Å²) in [6.07, 6.45) is 0.883. The molecule has 0 bridgehead atoms. The summed E-state index contributed by atoms with van der Waals surface area (Å²) in [7, 11) is 1.67. The van der Waals surface area contributed by atoms with Gasteiger partial charge in [0.1, 0.15) is 5.75 Å². The van der Waals surface area contributed by atoms with Gasteiger partial charge in [0.05, 0.1) is 26.9 Å². The molecule has 0 aromatic heterocycles. The summed E-state index contributed by atoms with van der Waals surface area (Å²) in [6.45, 7) is 3.88. The zero-order valence-electron chi connectivity index (χ0n) is 11.9. The van der Waals surface area contributed by atoms with Crippen molar-refractivity contribution in [3.63, 3.8) is 0 Å². The quantitative estimate of drug-likeness (QED) is 0.778. The molecule has 1 fully saturated rings. The van der Waals surface area contributed by atoms with Crippen LogP contribution in [0.25, 0.3) is 0 Å². The molecule has 2 rings (SSSR count). The van der Waals surface area contributed by atoms with Crippen LogP contribution >= 0.6 is 0 Å². The van der Waals surface area contributed by atoms with Gasteiger partial charge in [-0.25, -0.2) is 0 Å². The largest absolute Gasteiger partial charge is 0.497 e. The molecule has 1 N–H and O–H groups in total. The molecule has 0 saturated carbocycles. The summed E-state index contributed by atoms with van der Waals surface area (Å²) in [6, 6.07) is 7.99. The van der Waals surface area contributed by atoms with Gasteiger partial charge in [-0.15, -0.1) is 0 Å². The standard InChI is InChI=1S/C15H22N2O3/c1-19-14-4-2-3-13(11-14)5-6-16-12-15(18)17-7-9-20-10-8-17/h2-4,11,16H,5-10,12H2,1H3. The van der Waals surface area contributed by atoms with Gasteiger partial charge in [0, 0.05) is 13.1 Å². The summed E-state index contributed by atoms with van der Waals surface area (Å²) >= 11 is 0. The van der Waals surface area contributed by atoms with Crippen molar-refractivity contribution in [2.24, 2.45) is 0 Å². The van der Waals surface area contributed by atoms with Crippen molar-refractivity contribution in [2.75, 3.05) is 46.5 Å². The van der Waals surface area contributed by atoms with Crippen LogP contribution in [0.15, 0.2) is 24.3 Å². The van der Waals surface area contributed by atoms with Crippen molar-refractivity contribution in [1.29, 1.82) is 0 Å². The van der Waals surface area contributed by atoms with Gasteiger partial charge >= 0.3 is 0 Å². The first-order valence-electron chi connectivity index (χ1n) is 6.99. The highest BCUT2D eigenvalue weighted by Gasteiger charge is 2.15. The molecular formula is C15H22N2O3. The Morgan fingerprint density at radius 3 is 2.95 bits per heavy atom. The molecule has 1 aromatic carbocycles. The molecule has 1 aliphatic rings. The van der Waals surface area contributed by atoms with Gasteiger partial charge in [-0.05, 0) is 30.7 Å². The van der Waals surface area contributed by atoms with Gasteiger partial charge in [0.25, 0.3) is 0 Å². The highest BCUT2D eigenvalue weighted by atomic mass is 16.5. The Morgan fingerprint density at radius 2 is 2.20 bits per heavy atom. The van der Waals surface area contributed by atoms with Crippen molar-refractivity contribution in [3.05, 3.63) is 29.8 Å². The predicted molar refractivity (Wildman–Crippen MR) is 77.0 cm³/mol. The molecule has 20 heavy (non-hydrogen) atoms. The number of hydrogen-bond acceptors (Lipinski definition) is 4. The van der Waals surface area contributed by atoms with E-state index >= 15 is 0 Å². The number of rotatable bonds is 6. The Labute approximate surface area is 119 Å². The van der Waals surface area contributed by atoms with E-state index in [0.717, 1.165) is 18.7 Å². The summed E-state index contributed by atoms with van der Waals surface area (Å²) in [5.41, 5.74) is 1.20. The molecule has 0 unspecified atom stereocenters. The zero-order chi connectivity index (χ0) is 14.2. The third-order valence-electron chi connectivity index (χ3n) is 3.36. The SMILES string of the molecule is COc1cccc(CCNCC(=O)N2CCOCC2)c1. The summed E-state index contributed by atoms with van der Waals surface area (Å²) in [5, 5.41) is 3.20. The molecule has 5 nitrogen and oxygen atoms in total. The van der Waals surface area contributed by atoms with Crippen molar-refractivity contribution in [2.45, 2.75) is 6.42 Å². The first-order valence-corrected chi connectivity index (χ1v) is 6.99. The summed E-state index contributed by atoms with van der Waals surface area (Å²) < 4.78 is 10.4. The fourth-order valence-electron chi connectivity index (χ4n) is 2.18. The fourth-order valence-corrected chi connectivity index (χ4v) is 2.18. The van der Waals surface area contributed by atoms with E-state index in [-0.39, 0.29) is 5.91 Å². The number of methoxy groups -OCH3 is 1. The summed E-state index contributed by atoms with van der Waals surface area (Å²) in [4.78, 5) is 13.7. The van der Waals surface area contributed by atoms with Gasteiger partial charge < -0.3 is 19.7 Å². The molecule has 0 aliphatic carbocycles. The van der Waals surface area contributed by atoms with Crippen LogP contribution in [0.4, 0.5) is 0 Å². The van der Waals surface area contributed by atoms with Gasteiger partial charge in [0.15, 0.2) is 0 Å². The third-order valence-corrected chi connectivity index (χ3v) is 3.36. The van der Waals surface area contributed by atoms with Gasteiger partial charge in [0.2, 0.25) is 5.91 Å². The fraction of sp³-hybridized carbons (Fsp3) is 0.533. The number of ether oxygens (including phenoxy) is 2. The third kappa shape index (κ3) is 4.51. The molecule has 5 heteroatoms. The molecule has 1 amide bonds. The van der Waals surface area contributed by atoms with Crippen LogP contribution in [0.1, 0.15) is 5.56 Å². The van der Waals surface area contributed by atoms with E-state index in [0.29, 0.717) is 32.8 Å². The lowest BCUT2D eigenvalue weighted by Gasteiger charge is -2.26. The lowest BCUT2D eigenvalue weighted by atomic mass is 10.1. The van der Waals surface area contributed by atoms with E-state index in [2.05, 4.69) is 11.4 Å². The number of nitrogens with zero attached hydrogens (tertiary/aromatic N) is 1. The first-order chi connectivity index (χ1) is 9.79. The van der Waals surface area contributed by atoms with E-state index in [4.69, 9.17) is 9.47 Å². The van der Waals surface area contributed by atoms with Gasteiger partial charge in [-0.2, -0.15) is 0 Å². The molecule has 0 radical (unpaired) electrons. The smallest absolute Gasteiger partial charge is 0.236 e. The monoisotopic (exact) mass is 278 g/mol. The Hall–Kier alpha value is -1.59. The van der Waals surface area contributed by atoms with E-state index in [9.17, 15) is 4.79 Å². The Bertz CT molecular complexity index is 431. The highest BCUT2D eigenvalue weighted by molar-refractivity contribution is 5.78. The molecule has 110 valence electrons. The van der Waals surface area contributed by atoms with Crippen LogP contribution in [0, 0.1) is 0 Å². The molecule has 1 aliphatic heterocycles. The minimum Gasteiger partial charge on any atom is -0.497 e. The average Bonchev–Trinajstić information content (AvgIpc) is 2.52. The number of hydrogen-bond donors (Lipinski definition) is 1. The zero-order valence-corrected chi connectivity index (χ0v) is 11.9. The van der Waals surface area contributed by atoms with E-state index in [1.165, 1.54) is 5.56 Å². The molecule has 1 saturated heterocycles. The topological polar surface area (TPSA) is 50.8 Å². The number of amides is 1. The molecular weight excluding hydrogens is 256 g/mol. The van der Waals surface area contributed by atoms with Crippen LogP contribution in [0.3, 0.4) is 0 Å². The van der Waals surface area contributed by atoms with Crippen LogP contribution in [-0.4, -0.2) is 57.3 Å². The Morgan fingerprint density at radius 1 is 1.40 bits per heavy atom. The van der Waals surface area contributed by atoms with Gasteiger partial charge in [-0.3, -0.25) is 4.79 Å². The average molecular weight is 278 g/mol. The molecule has 0 atom stereocenters. The normalized spacial score (nSPS) is 15.2. The molecule has 1 aromatic rings. The van der Waals surface area contributed by atoms with Crippen LogP contribution in [0.5, 0.6) is 5.75 Å². The first kappa shape index (κ1) is 14.8. The van der Waals surface area contributed by atoms with Crippen molar-refractivity contribution >= 4 is 5.91 Å². The predicted octanol–water partition coefficient (Wildman–Crippen LogP) is 0.686. The molecule has 1 heterocycles. The number of carbonyl (C=O) groups is 1. The second kappa shape index (κ2) is 7.87. The molecule has 0 spiro atoms. The number of nitrogens with one attached hydrogen (secondary N) is 1. The minimum absolute atomic E-state index is 0.152. The Kier molecular flexibility index (Phi) is 5.83. The maximum atomic E-state index is 11.9. The second-order valence-electron chi connectivity index (χ2n) is 4.77. The number of morpholine rings is 1. The van der Waals surface area contributed by atoms with E-state index < -0.39 is 0 Å². The van der Waals surface area contributed by atoms with Crippen molar-refractivity contribution < 1.29 is 14.3 Å². The maximum Gasteiger partial charge on any atom is 0.236 e. The van der Waals surface area contributed by atoms with E-state index in [1.807, 2.05) is 23.1 Å². The minimum atomic E-state index is 0.152. The Balaban J connectivity index is 1.66. The number of benzene rings is 1. The van der Waals surface area contributed by atoms with E-state index in [1.54, 1.807) is 7.11 Å². The van der Waals surface area contributed by atoms with Crippen molar-refractivity contribution in [3.8, 4) is 5.75 Å². The van der Waals surface area contributed by atoms with Gasteiger partial charge in [-0.1, -0.05) is 12.1 Å². The lowest BCUT2D eigenvalue weighted by molar-refractivity contribution is -0.134. The van der Waals surface area contributed by atoms with Crippen LogP contribution in [0.2, 0.25) is 0 Å². The lowest BCUT2D eigenvalue weighted by Crippen LogP contribution is -2.44. The van der Waals surface area contributed by atoms with Crippen LogP contribution in [-0.2, 0) is 16.0 Å². The summed E-state index contributed by atoms with van der Waals surface area (Å²) in [5.74, 6) is 1.02. The second-order valence-corrected chi connectivity index (χ2v) is 4.77. The van der Waals surface area contributed by atoms with Crippen molar-refractivity contribution in [1.82, 2.24) is 10.2 Å². The number of carbonyl (C=O) groups excluding carboxylic acids is 1. The maximum absolute atomic E-state index is 11.9. The van der Waals surface area contributed by atoms with Crippen LogP contribution < -0.4 is 10.1 Å².